The van der Waals surface area contributed by atoms with Crippen molar-refractivity contribution in [2.45, 2.75) is 6.54 Å². The quantitative estimate of drug-likeness (QED) is 0.885. The second-order valence-corrected chi connectivity index (χ2v) is 4.16. The highest BCUT2D eigenvalue weighted by Gasteiger charge is 2.18. The molecular weight excluding hydrogens is 300 g/mol. The van der Waals surface area contributed by atoms with Crippen molar-refractivity contribution >= 4 is 18.4 Å². The molecule has 0 bridgehead atoms. The molecule has 0 fully saturated rings. The molecule has 0 amide bonds. The number of rotatable bonds is 3. The number of halogens is 3. The van der Waals surface area contributed by atoms with Crippen LogP contribution in [0.25, 0.3) is 11.1 Å². The van der Waals surface area contributed by atoms with Crippen LogP contribution in [0.2, 0.25) is 0 Å². The minimum Gasteiger partial charge on any atom is -0.465 e. The van der Waals surface area contributed by atoms with Crippen molar-refractivity contribution in [2.24, 2.45) is 5.73 Å². The van der Waals surface area contributed by atoms with E-state index in [0.717, 1.165) is 13.2 Å². The van der Waals surface area contributed by atoms with Crippen LogP contribution >= 0.6 is 12.4 Å². The highest BCUT2D eigenvalue weighted by Crippen LogP contribution is 2.27. The van der Waals surface area contributed by atoms with E-state index in [4.69, 9.17) is 5.73 Å². The van der Waals surface area contributed by atoms with Crippen LogP contribution in [0, 0.1) is 11.6 Å². The highest BCUT2D eigenvalue weighted by atomic mass is 35.5. The summed E-state index contributed by atoms with van der Waals surface area (Å²) in [6, 6.07) is 8.46. The van der Waals surface area contributed by atoms with Crippen molar-refractivity contribution in [2.75, 3.05) is 7.11 Å². The minimum atomic E-state index is -0.804. The van der Waals surface area contributed by atoms with E-state index < -0.39 is 17.6 Å². The number of nitrogens with two attached hydrogens (primary N) is 1. The molecule has 3 nitrogen and oxygen atoms in total. The van der Waals surface area contributed by atoms with Gasteiger partial charge in [-0.25, -0.2) is 13.6 Å². The lowest BCUT2D eigenvalue weighted by Crippen LogP contribution is -2.07. The summed E-state index contributed by atoms with van der Waals surface area (Å²) in [5, 5.41) is 0. The van der Waals surface area contributed by atoms with Gasteiger partial charge in [-0.15, -0.1) is 12.4 Å². The summed E-state index contributed by atoms with van der Waals surface area (Å²) in [6.45, 7) is 0.0686. The monoisotopic (exact) mass is 313 g/mol. The summed E-state index contributed by atoms with van der Waals surface area (Å²) < 4.78 is 32.1. The zero-order valence-corrected chi connectivity index (χ0v) is 12.0. The molecule has 0 saturated carbocycles. The van der Waals surface area contributed by atoms with E-state index in [0.29, 0.717) is 11.1 Å². The van der Waals surface area contributed by atoms with Crippen molar-refractivity contribution in [1.82, 2.24) is 0 Å². The van der Waals surface area contributed by atoms with Crippen molar-refractivity contribution in [3.05, 3.63) is 59.2 Å². The molecule has 0 spiro atoms. The molecule has 6 heteroatoms. The van der Waals surface area contributed by atoms with Gasteiger partial charge in [-0.1, -0.05) is 24.3 Å². The van der Waals surface area contributed by atoms with E-state index >= 15 is 0 Å². The fourth-order valence-electron chi connectivity index (χ4n) is 1.95. The van der Waals surface area contributed by atoms with E-state index in [1.54, 1.807) is 6.07 Å². The van der Waals surface area contributed by atoms with Gasteiger partial charge in [0, 0.05) is 12.1 Å². The summed E-state index contributed by atoms with van der Waals surface area (Å²) in [5.74, 6) is -2.01. The molecule has 0 aromatic heterocycles. The summed E-state index contributed by atoms with van der Waals surface area (Å²) in [7, 11) is 1.16. The Morgan fingerprint density at radius 2 is 1.90 bits per heavy atom. The first-order valence-corrected chi connectivity index (χ1v) is 5.94. The molecule has 2 N–H and O–H groups in total. The third-order valence-electron chi connectivity index (χ3n) is 2.99. The number of hydrogen-bond donors (Lipinski definition) is 1. The molecule has 0 radical (unpaired) electrons. The van der Waals surface area contributed by atoms with E-state index in [2.05, 4.69) is 4.74 Å². The molecule has 0 saturated heterocycles. The highest BCUT2D eigenvalue weighted by molar-refractivity contribution is 5.97. The maximum atomic E-state index is 13.8. The average molecular weight is 314 g/mol. The Balaban J connectivity index is 0.00000220. The summed E-state index contributed by atoms with van der Waals surface area (Å²) in [6.07, 6.45) is 0. The molecule has 0 aliphatic carbocycles. The molecule has 0 heterocycles. The molecule has 0 unspecified atom stereocenters. The normalized spacial score (nSPS) is 9.90. The van der Waals surface area contributed by atoms with Crippen LogP contribution in [-0.2, 0) is 11.3 Å². The lowest BCUT2D eigenvalue weighted by Gasteiger charge is -2.10. The maximum Gasteiger partial charge on any atom is 0.341 e. The number of carbonyl (C=O) groups excluding carboxylic acids is 1. The Morgan fingerprint density at radius 1 is 1.19 bits per heavy atom. The topological polar surface area (TPSA) is 52.3 Å². The zero-order chi connectivity index (χ0) is 14.7. The predicted octanol–water partition coefficient (Wildman–Crippen LogP) is 3.30. The Hall–Kier alpha value is -1.98. The molecule has 2 rings (SSSR count). The summed E-state index contributed by atoms with van der Waals surface area (Å²) >= 11 is 0. The lowest BCUT2D eigenvalue weighted by molar-refractivity contribution is 0.0596. The molecule has 0 aliphatic rings. The van der Waals surface area contributed by atoms with Gasteiger partial charge in [0.25, 0.3) is 0 Å². The van der Waals surface area contributed by atoms with Crippen LogP contribution in [0.4, 0.5) is 8.78 Å². The number of ether oxygens (including phenoxy) is 1. The summed E-state index contributed by atoms with van der Waals surface area (Å²) in [5.41, 5.74) is 6.19. The van der Waals surface area contributed by atoms with Crippen LogP contribution in [0.5, 0.6) is 0 Å². The Labute approximate surface area is 127 Å². The van der Waals surface area contributed by atoms with Gasteiger partial charge >= 0.3 is 5.97 Å². The van der Waals surface area contributed by atoms with Gasteiger partial charge in [-0.2, -0.15) is 0 Å². The van der Waals surface area contributed by atoms with Crippen LogP contribution in [0.15, 0.2) is 36.4 Å². The van der Waals surface area contributed by atoms with E-state index in [1.165, 1.54) is 24.3 Å². The maximum absolute atomic E-state index is 13.8. The Kier molecular flexibility index (Phi) is 5.81. The van der Waals surface area contributed by atoms with E-state index in [-0.39, 0.29) is 30.1 Å². The SMILES string of the molecule is COC(=O)c1c(F)cccc1-c1ccc(CN)c(F)c1.Cl. The minimum absolute atomic E-state index is 0. The third-order valence-corrected chi connectivity index (χ3v) is 2.99. The van der Waals surface area contributed by atoms with Crippen molar-refractivity contribution in [1.29, 1.82) is 0 Å². The average Bonchev–Trinajstić information content (AvgIpc) is 2.46. The van der Waals surface area contributed by atoms with Gasteiger partial charge in [-0.05, 0) is 23.3 Å². The standard InChI is InChI=1S/C15H13F2NO2.ClH/c1-20-15(19)14-11(3-2-4-12(14)16)9-5-6-10(8-18)13(17)7-9;/h2-7H,8,18H2,1H3;1H. The second kappa shape index (κ2) is 7.15. The van der Waals surface area contributed by atoms with Gasteiger partial charge in [0.2, 0.25) is 0 Å². The zero-order valence-electron chi connectivity index (χ0n) is 11.2. The van der Waals surface area contributed by atoms with Gasteiger partial charge in [0.15, 0.2) is 0 Å². The number of esters is 1. The Morgan fingerprint density at radius 3 is 2.48 bits per heavy atom. The first-order chi connectivity index (χ1) is 9.58. The fraction of sp³-hybridized carbons (Fsp3) is 0.133. The van der Waals surface area contributed by atoms with Crippen LogP contribution in [0.3, 0.4) is 0 Å². The van der Waals surface area contributed by atoms with E-state index in [1.807, 2.05) is 0 Å². The predicted molar refractivity (Wildman–Crippen MR) is 78.3 cm³/mol. The second-order valence-electron chi connectivity index (χ2n) is 4.16. The molecule has 0 atom stereocenters. The van der Waals surface area contributed by atoms with Crippen LogP contribution in [-0.4, -0.2) is 13.1 Å². The molecule has 0 aliphatic heterocycles. The number of benzene rings is 2. The van der Waals surface area contributed by atoms with Gasteiger partial charge in [0.05, 0.1) is 7.11 Å². The first-order valence-electron chi connectivity index (χ1n) is 5.94. The lowest BCUT2D eigenvalue weighted by atomic mass is 9.98. The Bertz CT molecular complexity index is 662. The number of methoxy groups -OCH3 is 1. The van der Waals surface area contributed by atoms with Crippen LogP contribution < -0.4 is 5.73 Å². The van der Waals surface area contributed by atoms with Crippen molar-refractivity contribution < 1.29 is 18.3 Å². The molecule has 2 aromatic carbocycles. The van der Waals surface area contributed by atoms with Crippen molar-refractivity contribution in [3.8, 4) is 11.1 Å². The number of carbonyl (C=O) groups is 1. The largest absolute Gasteiger partial charge is 0.465 e. The van der Waals surface area contributed by atoms with Gasteiger partial charge in [0.1, 0.15) is 17.2 Å². The van der Waals surface area contributed by atoms with Gasteiger partial charge < -0.3 is 10.5 Å². The molecular formula is C15H14ClF2NO2. The molecule has 21 heavy (non-hydrogen) atoms. The smallest absolute Gasteiger partial charge is 0.341 e. The van der Waals surface area contributed by atoms with Gasteiger partial charge in [-0.3, -0.25) is 0 Å². The van der Waals surface area contributed by atoms with Crippen molar-refractivity contribution in [3.63, 3.8) is 0 Å². The number of hydrogen-bond acceptors (Lipinski definition) is 3. The third kappa shape index (κ3) is 3.37. The summed E-state index contributed by atoms with van der Waals surface area (Å²) in [4.78, 5) is 11.7. The van der Waals surface area contributed by atoms with Crippen LogP contribution in [0.1, 0.15) is 15.9 Å². The molecule has 112 valence electrons. The fourth-order valence-corrected chi connectivity index (χ4v) is 1.95. The van der Waals surface area contributed by atoms with E-state index in [9.17, 15) is 13.6 Å². The molecule has 2 aromatic rings. The first kappa shape index (κ1) is 17.1.